The van der Waals surface area contributed by atoms with Gasteiger partial charge in [-0.3, -0.25) is 4.79 Å². The summed E-state index contributed by atoms with van der Waals surface area (Å²) in [6.07, 6.45) is 0.241. The van der Waals surface area contributed by atoms with Gasteiger partial charge in [-0.25, -0.2) is 8.78 Å². The number of carbonyl (C=O) groups excluding carboxylic acids is 1. The van der Waals surface area contributed by atoms with Crippen LogP contribution < -0.4 is 10.2 Å². The summed E-state index contributed by atoms with van der Waals surface area (Å²) in [4.78, 5) is 14.4. The van der Waals surface area contributed by atoms with E-state index in [0.717, 1.165) is 48.2 Å². The van der Waals surface area contributed by atoms with Crippen LogP contribution in [0.1, 0.15) is 17.5 Å². The van der Waals surface area contributed by atoms with Crippen molar-refractivity contribution in [2.75, 3.05) is 36.5 Å². The van der Waals surface area contributed by atoms with Crippen molar-refractivity contribution in [1.82, 2.24) is 0 Å². The fourth-order valence-electron chi connectivity index (χ4n) is 3.00. The number of aryl methyl sites for hydroxylation is 2. The van der Waals surface area contributed by atoms with Crippen LogP contribution in [0.4, 0.5) is 20.2 Å². The van der Waals surface area contributed by atoms with E-state index >= 15 is 0 Å². The van der Waals surface area contributed by atoms with E-state index in [4.69, 9.17) is 4.74 Å². The van der Waals surface area contributed by atoms with Crippen LogP contribution in [0.15, 0.2) is 36.4 Å². The van der Waals surface area contributed by atoms with Crippen LogP contribution in [0.3, 0.4) is 0 Å². The third-order valence-electron chi connectivity index (χ3n) is 4.49. The molecule has 1 saturated heterocycles. The maximum absolute atomic E-state index is 13.6. The maximum atomic E-state index is 13.6. The second-order valence-electron chi connectivity index (χ2n) is 6.38. The molecule has 0 spiro atoms. The Hall–Kier alpha value is -2.47. The summed E-state index contributed by atoms with van der Waals surface area (Å²) in [5, 5.41) is 2.85. The van der Waals surface area contributed by atoms with Gasteiger partial charge in [0, 0.05) is 30.9 Å². The Morgan fingerprint density at radius 2 is 1.92 bits per heavy atom. The zero-order valence-electron chi connectivity index (χ0n) is 14.7. The molecule has 1 aliphatic heterocycles. The summed E-state index contributed by atoms with van der Waals surface area (Å²) in [6.45, 7) is 5.07. The van der Waals surface area contributed by atoms with Crippen LogP contribution in [0.25, 0.3) is 0 Å². The first-order valence-corrected chi connectivity index (χ1v) is 8.70. The molecule has 6 heteroatoms. The van der Waals surface area contributed by atoms with Gasteiger partial charge in [-0.1, -0.05) is 0 Å². The topological polar surface area (TPSA) is 41.6 Å². The molecule has 0 unspecified atom stereocenters. The number of halogens is 2. The van der Waals surface area contributed by atoms with Gasteiger partial charge in [-0.05, 0) is 60.9 Å². The molecule has 138 valence electrons. The van der Waals surface area contributed by atoms with E-state index < -0.39 is 11.6 Å². The second kappa shape index (κ2) is 8.27. The molecule has 0 radical (unpaired) electrons. The highest BCUT2D eigenvalue weighted by atomic mass is 19.1. The molecule has 1 aliphatic rings. The third kappa shape index (κ3) is 4.58. The monoisotopic (exact) mass is 360 g/mol. The van der Waals surface area contributed by atoms with E-state index in [0.29, 0.717) is 13.2 Å². The summed E-state index contributed by atoms with van der Waals surface area (Å²) in [5.41, 5.74) is 3.00. The molecular formula is C20H22F2N2O2. The molecule has 2 aromatic carbocycles. The first kappa shape index (κ1) is 18.3. The number of hydrogen-bond acceptors (Lipinski definition) is 3. The van der Waals surface area contributed by atoms with E-state index in [9.17, 15) is 13.6 Å². The quantitative estimate of drug-likeness (QED) is 0.884. The highest BCUT2D eigenvalue weighted by Crippen LogP contribution is 2.24. The minimum absolute atomic E-state index is 0.0883. The number of nitrogens with zero attached hydrogens (tertiary/aromatic N) is 1. The fourth-order valence-corrected chi connectivity index (χ4v) is 3.00. The summed E-state index contributed by atoms with van der Waals surface area (Å²) < 4.78 is 32.2. The lowest BCUT2D eigenvalue weighted by Crippen LogP contribution is -2.36. The molecule has 0 aromatic heterocycles. The molecule has 1 amide bonds. The van der Waals surface area contributed by atoms with Crippen LogP contribution in [0.5, 0.6) is 0 Å². The number of morpholine rings is 1. The molecule has 0 atom stereocenters. The van der Waals surface area contributed by atoms with Gasteiger partial charge < -0.3 is 15.0 Å². The standard InChI is InChI=1S/C20H22F2N2O2/c1-14-12-17(24-8-10-26-11-9-24)4-6-19(14)23-20(25)7-2-15-13-16(21)3-5-18(15)22/h3-6,12-13H,2,7-11H2,1H3,(H,23,25). The number of nitrogens with one attached hydrogen (secondary N) is 1. The Bertz CT molecular complexity index is 789. The van der Waals surface area contributed by atoms with Crippen LogP contribution in [-0.2, 0) is 16.0 Å². The fraction of sp³-hybridized carbons (Fsp3) is 0.350. The molecule has 3 rings (SSSR count). The molecule has 26 heavy (non-hydrogen) atoms. The van der Waals surface area contributed by atoms with Crippen LogP contribution >= 0.6 is 0 Å². The molecule has 0 aliphatic carbocycles. The van der Waals surface area contributed by atoms with Crippen molar-refractivity contribution in [2.24, 2.45) is 0 Å². The first-order valence-electron chi connectivity index (χ1n) is 8.70. The van der Waals surface area contributed by atoms with Gasteiger partial charge in [-0.2, -0.15) is 0 Å². The molecule has 1 fully saturated rings. The zero-order chi connectivity index (χ0) is 18.5. The normalized spacial score (nSPS) is 14.3. The first-order chi connectivity index (χ1) is 12.5. The molecule has 1 heterocycles. The van der Waals surface area contributed by atoms with E-state index in [1.165, 1.54) is 0 Å². The lowest BCUT2D eigenvalue weighted by molar-refractivity contribution is -0.116. The summed E-state index contributed by atoms with van der Waals surface area (Å²) >= 11 is 0. The third-order valence-corrected chi connectivity index (χ3v) is 4.49. The number of rotatable bonds is 5. The number of ether oxygens (including phenoxy) is 1. The van der Waals surface area contributed by atoms with Crippen molar-refractivity contribution >= 4 is 17.3 Å². The average molecular weight is 360 g/mol. The van der Waals surface area contributed by atoms with E-state index in [2.05, 4.69) is 10.2 Å². The van der Waals surface area contributed by atoms with E-state index in [1.54, 1.807) is 0 Å². The van der Waals surface area contributed by atoms with Crippen molar-refractivity contribution in [3.63, 3.8) is 0 Å². The molecular weight excluding hydrogens is 338 g/mol. The van der Waals surface area contributed by atoms with Crippen LogP contribution in [-0.4, -0.2) is 32.2 Å². The smallest absolute Gasteiger partial charge is 0.224 e. The van der Waals surface area contributed by atoms with E-state index in [1.807, 2.05) is 25.1 Å². The highest BCUT2D eigenvalue weighted by molar-refractivity contribution is 5.91. The van der Waals surface area contributed by atoms with Crippen LogP contribution in [0, 0.1) is 18.6 Å². The number of benzene rings is 2. The zero-order valence-corrected chi connectivity index (χ0v) is 14.7. The minimum Gasteiger partial charge on any atom is -0.378 e. The SMILES string of the molecule is Cc1cc(N2CCOCC2)ccc1NC(=O)CCc1cc(F)ccc1F. The number of hydrogen-bond donors (Lipinski definition) is 1. The van der Waals surface area contributed by atoms with Gasteiger partial charge in [0.1, 0.15) is 11.6 Å². The van der Waals surface area contributed by atoms with Crippen molar-refractivity contribution in [1.29, 1.82) is 0 Å². The average Bonchev–Trinajstić information content (AvgIpc) is 2.65. The lowest BCUT2D eigenvalue weighted by atomic mass is 10.1. The molecule has 2 aromatic rings. The lowest BCUT2D eigenvalue weighted by Gasteiger charge is -2.29. The van der Waals surface area contributed by atoms with Crippen molar-refractivity contribution < 1.29 is 18.3 Å². The van der Waals surface area contributed by atoms with Gasteiger partial charge in [0.05, 0.1) is 13.2 Å². The van der Waals surface area contributed by atoms with Gasteiger partial charge in [0.2, 0.25) is 5.91 Å². The van der Waals surface area contributed by atoms with Gasteiger partial charge in [-0.15, -0.1) is 0 Å². The molecule has 0 bridgehead atoms. The largest absolute Gasteiger partial charge is 0.378 e. The van der Waals surface area contributed by atoms with Gasteiger partial charge >= 0.3 is 0 Å². The van der Waals surface area contributed by atoms with Crippen LogP contribution in [0.2, 0.25) is 0 Å². The van der Waals surface area contributed by atoms with Gasteiger partial charge in [0.25, 0.3) is 0 Å². The number of carbonyl (C=O) groups is 1. The second-order valence-corrected chi connectivity index (χ2v) is 6.38. The number of anilines is 2. The Balaban J connectivity index is 1.59. The summed E-state index contributed by atoms with van der Waals surface area (Å²) in [7, 11) is 0. The molecule has 4 nitrogen and oxygen atoms in total. The summed E-state index contributed by atoms with van der Waals surface area (Å²) in [5.74, 6) is -1.22. The van der Waals surface area contributed by atoms with Crippen molar-refractivity contribution in [3.8, 4) is 0 Å². The highest BCUT2D eigenvalue weighted by Gasteiger charge is 2.13. The number of amides is 1. The predicted molar refractivity (Wildman–Crippen MR) is 97.5 cm³/mol. The maximum Gasteiger partial charge on any atom is 0.224 e. The Kier molecular flexibility index (Phi) is 5.83. The van der Waals surface area contributed by atoms with Crippen molar-refractivity contribution in [3.05, 3.63) is 59.2 Å². The summed E-state index contributed by atoms with van der Waals surface area (Å²) in [6, 6.07) is 9.16. The predicted octanol–water partition coefficient (Wildman–Crippen LogP) is 3.68. The van der Waals surface area contributed by atoms with E-state index in [-0.39, 0.29) is 24.3 Å². The minimum atomic E-state index is -0.503. The molecule has 1 N–H and O–H groups in total. The molecule has 0 saturated carbocycles. The Labute approximate surface area is 151 Å². The van der Waals surface area contributed by atoms with Crippen molar-refractivity contribution in [2.45, 2.75) is 19.8 Å². The Morgan fingerprint density at radius 3 is 2.65 bits per heavy atom. The Morgan fingerprint density at radius 1 is 1.15 bits per heavy atom. The van der Waals surface area contributed by atoms with Gasteiger partial charge in [0.15, 0.2) is 0 Å².